The van der Waals surface area contributed by atoms with Gasteiger partial charge < -0.3 is 14.7 Å². The number of hydrogen-bond acceptors (Lipinski definition) is 3. The SMILES string of the molecule is Oc1ccc(CC2c3ccc(OCc4ccccc4)cc3CCN2c2ccc(Cl)cc2Cl)cc1. The number of benzene rings is 4. The van der Waals surface area contributed by atoms with Gasteiger partial charge >= 0.3 is 0 Å². The van der Waals surface area contributed by atoms with E-state index in [0.717, 1.165) is 42.0 Å². The molecule has 3 nitrogen and oxygen atoms in total. The number of aromatic hydroxyl groups is 1. The average molecular weight is 490 g/mol. The molecule has 1 atom stereocenters. The van der Waals surface area contributed by atoms with Gasteiger partial charge in [-0.15, -0.1) is 0 Å². The van der Waals surface area contributed by atoms with Gasteiger partial charge in [0.1, 0.15) is 18.1 Å². The summed E-state index contributed by atoms with van der Waals surface area (Å²) in [6.45, 7) is 1.38. The second kappa shape index (κ2) is 10.0. The van der Waals surface area contributed by atoms with E-state index in [4.69, 9.17) is 27.9 Å². The average Bonchev–Trinajstić information content (AvgIpc) is 2.85. The first-order chi connectivity index (χ1) is 16.6. The highest BCUT2D eigenvalue weighted by atomic mass is 35.5. The van der Waals surface area contributed by atoms with Crippen LogP contribution in [0, 0.1) is 0 Å². The summed E-state index contributed by atoms with van der Waals surface area (Å²) in [5, 5.41) is 11.0. The zero-order valence-electron chi connectivity index (χ0n) is 18.6. The molecule has 0 aliphatic carbocycles. The molecular formula is C29H25Cl2NO2. The van der Waals surface area contributed by atoms with Crippen molar-refractivity contribution in [1.82, 2.24) is 0 Å². The van der Waals surface area contributed by atoms with Gasteiger partial charge in [0.15, 0.2) is 0 Å². The third-order valence-electron chi connectivity index (χ3n) is 6.30. The van der Waals surface area contributed by atoms with Crippen LogP contribution in [0.15, 0.2) is 91.0 Å². The second-order valence-corrected chi connectivity index (χ2v) is 9.40. The Morgan fingerprint density at radius 3 is 2.41 bits per heavy atom. The molecule has 172 valence electrons. The monoisotopic (exact) mass is 489 g/mol. The lowest BCUT2D eigenvalue weighted by Crippen LogP contribution is -2.37. The Hall–Kier alpha value is -3.14. The van der Waals surface area contributed by atoms with E-state index < -0.39 is 0 Å². The number of phenolic OH excluding ortho intramolecular Hbond substituents is 1. The van der Waals surface area contributed by atoms with Crippen molar-refractivity contribution in [2.45, 2.75) is 25.5 Å². The van der Waals surface area contributed by atoms with E-state index in [1.165, 1.54) is 11.1 Å². The summed E-state index contributed by atoms with van der Waals surface area (Å²) in [6, 6.07) is 29.8. The maximum absolute atomic E-state index is 9.72. The predicted octanol–water partition coefficient (Wildman–Crippen LogP) is 7.62. The van der Waals surface area contributed by atoms with E-state index in [1.807, 2.05) is 42.5 Å². The topological polar surface area (TPSA) is 32.7 Å². The van der Waals surface area contributed by atoms with Gasteiger partial charge in [-0.3, -0.25) is 0 Å². The van der Waals surface area contributed by atoms with Crippen LogP contribution < -0.4 is 9.64 Å². The number of ether oxygens (including phenoxy) is 1. The van der Waals surface area contributed by atoms with Crippen LogP contribution in [-0.2, 0) is 19.4 Å². The molecule has 1 aliphatic rings. The third kappa shape index (κ3) is 5.01. The van der Waals surface area contributed by atoms with Gasteiger partial charge in [0.2, 0.25) is 0 Å². The number of nitrogens with zero attached hydrogens (tertiary/aromatic N) is 1. The molecule has 5 heteroatoms. The third-order valence-corrected chi connectivity index (χ3v) is 6.84. The quantitative estimate of drug-likeness (QED) is 0.302. The summed E-state index contributed by atoms with van der Waals surface area (Å²) >= 11 is 12.8. The molecular weight excluding hydrogens is 465 g/mol. The van der Waals surface area contributed by atoms with Crippen molar-refractivity contribution in [3.05, 3.63) is 123 Å². The number of hydrogen-bond donors (Lipinski definition) is 1. The zero-order valence-corrected chi connectivity index (χ0v) is 20.1. The summed E-state index contributed by atoms with van der Waals surface area (Å²) in [5.41, 5.74) is 5.82. The molecule has 1 N–H and O–H groups in total. The second-order valence-electron chi connectivity index (χ2n) is 8.56. The summed E-state index contributed by atoms with van der Waals surface area (Å²) in [5.74, 6) is 1.15. The van der Waals surface area contributed by atoms with E-state index in [-0.39, 0.29) is 11.8 Å². The summed E-state index contributed by atoms with van der Waals surface area (Å²) in [7, 11) is 0. The molecule has 0 saturated carbocycles. The van der Waals surface area contributed by atoms with Gasteiger partial charge in [-0.05, 0) is 77.6 Å². The van der Waals surface area contributed by atoms with Crippen LogP contribution in [0.5, 0.6) is 11.5 Å². The molecule has 0 bridgehead atoms. The highest BCUT2D eigenvalue weighted by molar-refractivity contribution is 6.36. The van der Waals surface area contributed by atoms with Crippen molar-refractivity contribution in [2.75, 3.05) is 11.4 Å². The fourth-order valence-electron chi connectivity index (χ4n) is 4.60. The normalized spacial score (nSPS) is 15.1. The summed E-state index contributed by atoms with van der Waals surface area (Å²) in [4.78, 5) is 2.36. The Morgan fingerprint density at radius 2 is 1.65 bits per heavy atom. The minimum Gasteiger partial charge on any atom is -0.508 e. The smallest absolute Gasteiger partial charge is 0.120 e. The Labute approximate surface area is 210 Å². The molecule has 0 saturated heterocycles. The minimum absolute atomic E-state index is 0.0927. The molecule has 0 fully saturated rings. The van der Waals surface area contributed by atoms with Crippen molar-refractivity contribution >= 4 is 28.9 Å². The molecule has 1 unspecified atom stereocenters. The maximum atomic E-state index is 9.72. The van der Waals surface area contributed by atoms with E-state index in [1.54, 1.807) is 18.2 Å². The highest BCUT2D eigenvalue weighted by Crippen LogP contribution is 2.41. The lowest BCUT2D eigenvalue weighted by atomic mass is 9.88. The van der Waals surface area contributed by atoms with Gasteiger partial charge in [-0.25, -0.2) is 0 Å². The molecule has 0 radical (unpaired) electrons. The standard InChI is InChI=1S/C29H25Cl2NO2/c30-23-8-13-28(27(31)18-23)32-15-14-22-17-25(34-19-21-4-2-1-3-5-21)11-12-26(22)29(32)16-20-6-9-24(33)10-7-20/h1-13,17-18,29,33H,14-16,19H2. The van der Waals surface area contributed by atoms with E-state index in [9.17, 15) is 5.11 Å². The summed E-state index contributed by atoms with van der Waals surface area (Å²) in [6.07, 6.45) is 1.68. The molecule has 1 heterocycles. The minimum atomic E-state index is 0.0927. The van der Waals surface area contributed by atoms with Crippen LogP contribution in [0.25, 0.3) is 0 Å². The van der Waals surface area contributed by atoms with E-state index in [0.29, 0.717) is 16.7 Å². The van der Waals surface area contributed by atoms with Crippen molar-refractivity contribution in [1.29, 1.82) is 0 Å². The molecule has 1 aliphatic heterocycles. The number of anilines is 1. The first kappa shape index (κ1) is 22.6. The largest absolute Gasteiger partial charge is 0.508 e. The lowest BCUT2D eigenvalue weighted by molar-refractivity contribution is 0.305. The van der Waals surface area contributed by atoms with Crippen LogP contribution >= 0.6 is 23.2 Å². The van der Waals surface area contributed by atoms with Gasteiger partial charge in [0.25, 0.3) is 0 Å². The van der Waals surface area contributed by atoms with Crippen molar-refractivity contribution in [3.63, 3.8) is 0 Å². The molecule has 0 aromatic heterocycles. The number of rotatable bonds is 6. The van der Waals surface area contributed by atoms with E-state index >= 15 is 0 Å². The van der Waals surface area contributed by atoms with E-state index in [2.05, 4.69) is 35.2 Å². The molecule has 34 heavy (non-hydrogen) atoms. The Balaban J connectivity index is 1.46. The maximum Gasteiger partial charge on any atom is 0.120 e. The number of halogens is 2. The number of phenols is 1. The molecule has 0 spiro atoms. The van der Waals surface area contributed by atoms with Crippen LogP contribution in [0.3, 0.4) is 0 Å². The highest BCUT2D eigenvalue weighted by Gasteiger charge is 2.29. The fourth-order valence-corrected chi connectivity index (χ4v) is 5.11. The van der Waals surface area contributed by atoms with Gasteiger partial charge in [0.05, 0.1) is 16.8 Å². The Kier molecular flexibility index (Phi) is 6.66. The van der Waals surface area contributed by atoms with Crippen molar-refractivity contribution < 1.29 is 9.84 Å². The fraction of sp³-hybridized carbons (Fsp3) is 0.172. The van der Waals surface area contributed by atoms with Gasteiger partial charge in [-0.2, -0.15) is 0 Å². The van der Waals surface area contributed by atoms with Crippen LogP contribution in [0.4, 0.5) is 5.69 Å². The zero-order chi connectivity index (χ0) is 23.5. The molecule has 5 rings (SSSR count). The Morgan fingerprint density at radius 1 is 0.853 bits per heavy atom. The summed E-state index contributed by atoms with van der Waals surface area (Å²) < 4.78 is 6.09. The van der Waals surface area contributed by atoms with Crippen LogP contribution in [0.2, 0.25) is 10.0 Å². The molecule has 4 aromatic rings. The molecule has 4 aromatic carbocycles. The molecule has 0 amide bonds. The first-order valence-electron chi connectivity index (χ1n) is 11.4. The first-order valence-corrected chi connectivity index (χ1v) is 12.1. The predicted molar refractivity (Wildman–Crippen MR) is 139 cm³/mol. The Bertz CT molecular complexity index is 1280. The lowest BCUT2D eigenvalue weighted by Gasteiger charge is -2.40. The number of fused-ring (bicyclic) bond motifs is 1. The van der Waals surface area contributed by atoms with Gasteiger partial charge in [-0.1, -0.05) is 71.7 Å². The van der Waals surface area contributed by atoms with Crippen molar-refractivity contribution in [3.8, 4) is 11.5 Å². The van der Waals surface area contributed by atoms with Crippen LogP contribution in [-0.4, -0.2) is 11.7 Å². The van der Waals surface area contributed by atoms with Crippen LogP contribution in [0.1, 0.15) is 28.3 Å². The van der Waals surface area contributed by atoms with Crippen molar-refractivity contribution in [2.24, 2.45) is 0 Å². The van der Waals surface area contributed by atoms with Gasteiger partial charge in [0, 0.05) is 11.6 Å².